The number of aromatic hydroxyl groups is 1. The maximum atomic E-state index is 12.2. The third kappa shape index (κ3) is 3.62. The van der Waals surface area contributed by atoms with Gasteiger partial charge in [0.1, 0.15) is 12.4 Å². The van der Waals surface area contributed by atoms with Crippen molar-refractivity contribution in [3.05, 3.63) is 59.2 Å². The first-order valence-electron chi connectivity index (χ1n) is 6.41. The maximum absolute atomic E-state index is 12.2. The number of aliphatic hydroxyl groups excluding tert-OH is 1. The molecule has 0 saturated carbocycles. The Labute approximate surface area is 123 Å². The third-order valence-electron chi connectivity index (χ3n) is 2.91. The molecular weight excluding hydrogens is 266 g/mol. The lowest BCUT2D eigenvalue weighted by molar-refractivity contribution is 0.102. The van der Waals surface area contributed by atoms with Crippen LogP contribution in [0.2, 0.25) is 0 Å². The molecule has 0 atom stereocenters. The summed E-state index contributed by atoms with van der Waals surface area (Å²) >= 11 is 0. The van der Waals surface area contributed by atoms with Gasteiger partial charge in [0.2, 0.25) is 0 Å². The molecule has 2 rings (SSSR count). The van der Waals surface area contributed by atoms with Crippen molar-refractivity contribution in [1.29, 1.82) is 0 Å². The van der Waals surface area contributed by atoms with Crippen molar-refractivity contribution >= 4 is 11.6 Å². The minimum atomic E-state index is -0.386. The second-order valence-corrected chi connectivity index (χ2v) is 4.47. The molecule has 0 spiro atoms. The molecule has 0 aliphatic heterocycles. The summed E-state index contributed by atoms with van der Waals surface area (Å²) in [6.45, 7) is 1.52. The number of nitrogens with one attached hydrogen (secondary N) is 1. The van der Waals surface area contributed by atoms with E-state index in [-0.39, 0.29) is 23.8 Å². The van der Waals surface area contributed by atoms with Crippen molar-refractivity contribution < 1.29 is 15.0 Å². The van der Waals surface area contributed by atoms with E-state index in [9.17, 15) is 9.90 Å². The molecule has 1 amide bonds. The smallest absolute Gasteiger partial charge is 0.259 e. The monoisotopic (exact) mass is 281 g/mol. The van der Waals surface area contributed by atoms with Crippen LogP contribution >= 0.6 is 0 Å². The summed E-state index contributed by atoms with van der Waals surface area (Å²) in [6.07, 6.45) is 0. The molecule has 21 heavy (non-hydrogen) atoms. The SMILES string of the molecule is Cc1cccc(C(=O)Nc2cccc(C#CCO)c2)c1O. The number of carbonyl (C=O) groups is 1. The number of rotatable bonds is 2. The highest BCUT2D eigenvalue weighted by Crippen LogP contribution is 2.22. The lowest BCUT2D eigenvalue weighted by atomic mass is 10.1. The summed E-state index contributed by atoms with van der Waals surface area (Å²) in [5.74, 6) is 4.91. The van der Waals surface area contributed by atoms with E-state index < -0.39 is 0 Å². The van der Waals surface area contributed by atoms with Gasteiger partial charge in [-0.3, -0.25) is 4.79 Å². The second kappa shape index (κ2) is 6.60. The number of benzene rings is 2. The Kier molecular flexibility index (Phi) is 4.60. The molecule has 0 aliphatic rings. The number of carbonyl (C=O) groups excluding carboxylic acids is 1. The number of phenolic OH excluding ortho intramolecular Hbond substituents is 1. The first kappa shape index (κ1) is 14.6. The van der Waals surface area contributed by atoms with Gasteiger partial charge in [0.15, 0.2) is 0 Å². The van der Waals surface area contributed by atoms with E-state index in [0.29, 0.717) is 16.8 Å². The van der Waals surface area contributed by atoms with Gasteiger partial charge in [0, 0.05) is 11.3 Å². The number of para-hydroxylation sites is 1. The van der Waals surface area contributed by atoms with E-state index in [2.05, 4.69) is 17.2 Å². The van der Waals surface area contributed by atoms with Gasteiger partial charge in [0.05, 0.1) is 5.56 Å². The predicted octanol–water partition coefficient (Wildman–Crippen LogP) is 2.30. The summed E-state index contributed by atoms with van der Waals surface area (Å²) in [7, 11) is 0. The molecular formula is C17H15NO3. The molecule has 106 valence electrons. The van der Waals surface area contributed by atoms with E-state index >= 15 is 0 Å². The standard InChI is InChI=1S/C17H15NO3/c1-12-5-2-9-15(16(12)20)17(21)18-14-8-3-6-13(11-14)7-4-10-19/h2-3,5-6,8-9,11,19-20H,10H2,1H3,(H,18,21). The second-order valence-electron chi connectivity index (χ2n) is 4.47. The quantitative estimate of drug-likeness (QED) is 0.740. The third-order valence-corrected chi connectivity index (χ3v) is 2.91. The molecule has 0 fully saturated rings. The number of hydrogen-bond acceptors (Lipinski definition) is 3. The van der Waals surface area contributed by atoms with Gasteiger partial charge < -0.3 is 15.5 Å². The molecule has 2 aromatic rings. The lowest BCUT2D eigenvalue weighted by Gasteiger charge is -2.08. The molecule has 3 N–H and O–H groups in total. The molecule has 4 nitrogen and oxygen atoms in total. The zero-order valence-corrected chi connectivity index (χ0v) is 11.6. The normalized spacial score (nSPS) is 9.62. The molecule has 0 bridgehead atoms. The highest BCUT2D eigenvalue weighted by Gasteiger charge is 2.12. The largest absolute Gasteiger partial charge is 0.507 e. The van der Waals surface area contributed by atoms with Crippen LogP contribution in [0, 0.1) is 18.8 Å². The minimum Gasteiger partial charge on any atom is -0.507 e. The van der Waals surface area contributed by atoms with Gasteiger partial charge in [-0.25, -0.2) is 0 Å². The van der Waals surface area contributed by atoms with Gasteiger partial charge in [-0.15, -0.1) is 0 Å². The predicted molar refractivity (Wildman–Crippen MR) is 81.2 cm³/mol. The van der Waals surface area contributed by atoms with Gasteiger partial charge in [-0.2, -0.15) is 0 Å². The fraction of sp³-hybridized carbons (Fsp3) is 0.118. The van der Waals surface area contributed by atoms with E-state index in [1.807, 2.05) is 0 Å². The Bertz CT molecular complexity index is 726. The number of phenols is 1. The number of anilines is 1. The molecule has 0 unspecified atom stereocenters. The summed E-state index contributed by atoms with van der Waals surface area (Å²) in [5.41, 5.74) is 2.13. The Balaban J connectivity index is 2.22. The Morgan fingerprint density at radius 2 is 2.00 bits per heavy atom. The van der Waals surface area contributed by atoms with Gasteiger partial charge in [0.25, 0.3) is 5.91 Å². The van der Waals surface area contributed by atoms with E-state index in [1.165, 1.54) is 0 Å². The van der Waals surface area contributed by atoms with Crippen LogP contribution in [-0.2, 0) is 0 Å². The highest BCUT2D eigenvalue weighted by molar-refractivity contribution is 6.06. The molecule has 0 aliphatic carbocycles. The molecule has 0 aromatic heterocycles. The fourth-order valence-corrected chi connectivity index (χ4v) is 1.86. The van der Waals surface area contributed by atoms with Crippen LogP contribution in [0.3, 0.4) is 0 Å². The van der Waals surface area contributed by atoms with Crippen LogP contribution in [0.15, 0.2) is 42.5 Å². The van der Waals surface area contributed by atoms with Crippen LogP contribution in [0.5, 0.6) is 5.75 Å². The van der Waals surface area contributed by atoms with Crippen molar-refractivity contribution in [2.75, 3.05) is 11.9 Å². The van der Waals surface area contributed by atoms with Crippen LogP contribution in [0.1, 0.15) is 21.5 Å². The summed E-state index contributed by atoms with van der Waals surface area (Å²) < 4.78 is 0. The maximum Gasteiger partial charge on any atom is 0.259 e. The topological polar surface area (TPSA) is 69.6 Å². The van der Waals surface area contributed by atoms with Crippen molar-refractivity contribution in [3.8, 4) is 17.6 Å². The molecule has 2 aromatic carbocycles. The average Bonchev–Trinajstić information content (AvgIpc) is 2.48. The first-order chi connectivity index (χ1) is 10.1. The number of aliphatic hydroxyl groups is 1. The zero-order chi connectivity index (χ0) is 15.2. The summed E-state index contributed by atoms with van der Waals surface area (Å²) in [4.78, 5) is 12.2. The van der Waals surface area contributed by atoms with Crippen molar-refractivity contribution in [1.82, 2.24) is 0 Å². The zero-order valence-electron chi connectivity index (χ0n) is 11.6. The Morgan fingerprint density at radius 1 is 1.24 bits per heavy atom. The van der Waals surface area contributed by atoms with E-state index in [4.69, 9.17) is 5.11 Å². The van der Waals surface area contributed by atoms with Gasteiger partial charge >= 0.3 is 0 Å². The number of amides is 1. The summed E-state index contributed by atoms with van der Waals surface area (Å²) in [5, 5.41) is 21.3. The average molecular weight is 281 g/mol. The van der Waals surface area contributed by atoms with Gasteiger partial charge in [-0.05, 0) is 36.8 Å². The molecule has 0 saturated heterocycles. The van der Waals surface area contributed by atoms with E-state index in [1.54, 1.807) is 49.4 Å². The van der Waals surface area contributed by atoms with Crippen LogP contribution < -0.4 is 5.32 Å². The van der Waals surface area contributed by atoms with E-state index in [0.717, 1.165) is 0 Å². The summed E-state index contributed by atoms with van der Waals surface area (Å²) in [6, 6.07) is 12.0. The Morgan fingerprint density at radius 3 is 2.76 bits per heavy atom. The molecule has 0 radical (unpaired) electrons. The molecule has 0 heterocycles. The lowest BCUT2D eigenvalue weighted by Crippen LogP contribution is -2.12. The van der Waals surface area contributed by atoms with Crippen LogP contribution in [0.25, 0.3) is 0 Å². The molecule has 4 heteroatoms. The number of hydrogen-bond donors (Lipinski definition) is 3. The highest BCUT2D eigenvalue weighted by atomic mass is 16.3. The fourth-order valence-electron chi connectivity index (χ4n) is 1.86. The van der Waals surface area contributed by atoms with Crippen molar-refractivity contribution in [3.63, 3.8) is 0 Å². The van der Waals surface area contributed by atoms with Crippen LogP contribution in [0.4, 0.5) is 5.69 Å². The Hall–Kier alpha value is -2.77. The van der Waals surface area contributed by atoms with Crippen LogP contribution in [-0.4, -0.2) is 22.7 Å². The van der Waals surface area contributed by atoms with Crippen molar-refractivity contribution in [2.24, 2.45) is 0 Å². The van der Waals surface area contributed by atoms with Crippen molar-refractivity contribution in [2.45, 2.75) is 6.92 Å². The first-order valence-corrected chi connectivity index (χ1v) is 6.41. The van der Waals surface area contributed by atoms with Gasteiger partial charge in [-0.1, -0.05) is 30.0 Å². The minimum absolute atomic E-state index is 0.0220. The number of aryl methyl sites for hydroxylation is 1.